The molecule has 0 unspecified atom stereocenters. The average molecular weight is 488 g/mol. The molecular weight excluding hydrogens is 426 g/mol. The third-order valence-corrected chi connectivity index (χ3v) is 6.61. The molecular formula is C29H61NO4. The third-order valence-electron chi connectivity index (χ3n) is 6.61. The van der Waals surface area contributed by atoms with Gasteiger partial charge < -0.3 is 24.6 Å². The van der Waals surface area contributed by atoms with E-state index in [1.165, 1.54) is 116 Å². The first-order valence-corrected chi connectivity index (χ1v) is 14.9. The zero-order chi connectivity index (χ0) is 24.8. The molecule has 0 aliphatic carbocycles. The molecule has 0 aromatic heterocycles. The van der Waals surface area contributed by atoms with Gasteiger partial charge >= 0.3 is 0 Å². The first kappa shape index (κ1) is 33.8. The lowest BCUT2D eigenvalue weighted by molar-refractivity contribution is 0.0638. The van der Waals surface area contributed by atoms with Crippen LogP contribution in [-0.4, -0.2) is 74.4 Å². The molecule has 0 aliphatic rings. The van der Waals surface area contributed by atoms with Crippen molar-refractivity contribution in [1.29, 1.82) is 0 Å². The zero-order valence-electron chi connectivity index (χ0n) is 23.0. The van der Waals surface area contributed by atoms with Gasteiger partial charge in [0.25, 0.3) is 0 Å². The molecule has 5 nitrogen and oxygen atoms in total. The van der Waals surface area contributed by atoms with E-state index in [9.17, 15) is 0 Å². The molecule has 0 aromatic rings. The molecule has 0 spiro atoms. The molecule has 5 heteroatoms. The molecule has 206 valence electrons. The number of nitrogens with zero attached hydrogens (tertiary/aromatic N) is 1. The van der Waals surface area contributed by atoms with Gasteiger partial charge in [0.15, 0.2) is 0 Å². The lowest BCUT2D eigenvalue weighted by atomic mass is 10.0. The molecule has 0 amide bonds. The van der Waals surface area contributed by atoms with Gasteiger partial charge in [-0.25, -0.2) is 0 Å². The third kappa shape index (κ3) is 28.0. The van der Waals surface area contributed by atoms with Crippen LogP contribution in [0.2, 0.25) is 0 Å². The minimum Gasteiger partial charge on any atom is -0.394 e. The lowest BCUT2D eigenvalue weighted by Crippen LogP contribution is -2.30. The Labute approximate surface area is 213 Å². The predicted octanol–water partition coefficient (Wildman–Crippen LogP) is 6.74. The molecule has 0 saturated carbocycles. The molecule has 34 heavy (non-hydrogen) atoms. The van der Waals surface area contributed by atoms with E-state index in [1.54, 1.807) is 0 Å². The number of hydrogen-bond donors (Lipinski definition) is 2. The summed E-state index contributed by atoms with van der Waals surface area (Å²) in [6.45, 7) is 7.74. The van der Waals surface area contributed by atoms with Gasteiger partial charge in [-0.2, -0.15) is 0 Å². The smallest absolute Gasteiger partial charge is 0.0698 e. The van der Waals surface area contributed by atoms with E-state index in [0.29, 0.717) is 26.4 Å². The summed E-state index contributed by atoms with van der Waals surface area (Å²) in [5.74, 6) is 0. The normalized spacial score (nSPS) is 11.6. The largest absolute Gasteiger partial charge is 0.394 e. The fraction of sp³-hybridized carbons (Fsp3) is 1.00. The Hall–Kier alpha value is -0.200. The fourth-order valence-corrected chi connectivity index (χ4v) is 4.49. The van der Waals surface area contributed by atoms with Crippen molar-refractivity contribution >= 4 is 0 Å². The van der Waals surface area contributed by atoms with Gasteiger partial charge in [0.05, 0.1) is 33.0 Å². The first-order chi connectivity index (χ1) is 16.8. The fourth-order valence-electron chi connectivity index (χ4n) is 4.49. The maximum Gasteiger partial charge on any atom is 0.0698 e. The molecule has 0 bridgehead atoms. The molecule has 0 radical (unpaired) electrons. The molecule has 0 rings (SSSR count). The maximum atomic E-state index is 8.85. The Kier molecular flexibility index (Phi) is 30.6. The summed E-state index contributed by atoms with van der Waals surface area (Å²) >= 11 is 0. The van der Waals surface area contributed by atoms with Crippen molar-refractivity contribution < 1.29 is 19.7 Å². The number of rotatable bonds is 30. The second-order valence-corrected chi connectivity index (χ2v) is 9.88. The van der Waals surface area contributed by atoms with E-state index in [1.807, 2.05) is 0 Å². The highest BCUT2D eigenvalue weighted by Crippen LogP contribution is 2.14. The van der Waals surface area contributed by atoms with Gasteiger partial charge in [0.2, 0.25) is 0 Å². The van der Waals surface area contributed by atoms with Crippen molar-refractivity contribution in [3.8, 4) is 0 Å². The van der Waals surface area contributed by atoms with Gasteiger partial charge in [-0.1, -0.05) is 116 Å². The monoisotopic (exact) mass is 487 g/mol. The second-order valence-electron chi connectivity index (χ2n) is 9.88. The lowest BCUT2D eigenvalue weighted by Gasteiger charge is -2.22. The first-order valence-electron chi connectivity index (χ1n) is 14.9. The van der Waals surface area contributed by atoms with Crippen LogP contribution in [0, 0.1) is 0 Å². The number of aliphatic hydroxyl groups is 2. The summed E-state index contributed by atoms with van der Waals surface area (Å²) < 4.78 is 10.8. The van der Waals surface area contributed by atoms with Gasteiger partial charge in [-0.15, -0.1) is 0 Å². The zero-order valence-corrected chi connectivity index (χ0v) is 23.0. The highest BCUT2D eigenvalue weighted by molar-refractivity contribution is 4.59. The van der Waals surface area contributed by atoms with E-state index in [4.69, 9.17) is 19.7 Å². The van der Waals surface area contributed by atoms with Crippen LogP contribution in [0.1, 0.15) is 129 Å². The SMILES string of the molecule is CCCCCCCCCCCCCCCCCCCCN(CCCOCCO)CCOCCO. The van der Waals surface area contributed by atoms with Crippen LogP contribution < -0.4 is 0 Å². The Morgan fingerprint density at radius 1 is 0.412 bits per heavy atom. The van der Waals surface area contributed by atoms with E-state index in [0.717, 1.165) is 26.1 Å². The minimum atomic E-state index is 0.0915. The van der Waals surface area contributed by atoms with Crippen LogP contribution in [0.4, 0.5) is 0 Å². The molecule has 0 fully saturated rings. The molecule has 2 N–H and O–H groups in total. The summed E-state index contributed by atoms with van der Waals surface area (Å²) in [4.78, 5) is 2.45. The van der Waals surface area contributed by atoms with Gasteiger partial charge in [0, 0.05) is 19.7 Å². The highest BCUT2D eigenvalue weighted by atomic mass is 16.5. The van der Waals surface area contributed by atoms with Crippen LogP contribution in [-0.2, 0) is 9.47 Å². The predicted molar refractivity (Wildman–Crippen MR) is 146 cm³/mol. The molecule has 0 heterocycles. The Balaban J connectivity index is 3.46. The number of hydrogen-bond acceptors (Lipinski definition) is 5. The van der Waals surface area contributed by atoms with Crippen LogP contribution in [0.15, 0.2) is 0 Å². The minimum absolute atomic E-state index is 0.0915. The number of unbranched alkanes of at least 4 members (excludes halogenated alkanes) is 17. The summed E-state index contributed by atoms with van der Waals surface area (Å²) in [5, 5.41) is 17.6. The molecule has 0 aromatic carbocycles. The van der Waals surface area contributed by atoms with Crippen molar-refractivity contribution in [2.75, 3.05) is 59.3 Å². The van der Waals surface area contributed by atoms with Crippen LogP contribution >= 0.6 is 0 Å². The van der Waals surface area contributed by atoms with E-state index in [-0.39, 0.29) is 13.2 Å². The van der Waals surface area contributed by atoms with Crippen LogP contribution in [0.25, 0.3) is 0 Å². The summed E-state index contributed by atoms with van der Waals surface area (Å²) in [6.07, 6.45) is 26.3. The van der Waals surface area contributed by atoms with Crippen LogP contribution in [0.3, 0.4) is 0 Å². The maximum absolute atomic E-state index is 8.85. The quantitative estimate of drug-likeness (QED) is 0.110. The molecule has 0 aliphatic heterocycles. The van der Waals surface area contributed by atoms with E-state index >= 15 is 0 Å². The Morgan fingerprint density at radius 3 is 1.24 bits per heavy atom. The highest BCUT2D eigenvalue weighted by Gasteiger charge is 2.05. The summed E-state index contributed by atoms with van der Waals surface area (Å²) in [6, 6.07) is 0. The van der Waals surface area contributed by atoms with Crippen molar-refractivity contribution in [3.05, 3.63) is 0 Å². The Morgan fingerprint density at radius 2 is 0.794 bits per heavy atom. The van der Waals surface area contributed by atoms with Gasteiger partial charge in [0.1, 0.15) is 0 Å². The average Bonchev–Trinajstić information content (AvgIpc) is 2.85. The molecule has 0 saturated heterocycles. The summed E-state index contributed by atoms with van der Waals surface area (Å²) in [7, 11) is 0. The van der Waals surface area contributed by atoms with Crippen molar-refractivity contribution in [3.63, 3.8) is 0 Å². The molecule has 0 atom stereocenters. The van der Waals surface area contributed by atoms with Crippen molar-refractivity contribution in [1.82, 2.24) is 4.90 Å². The summed E-state index contributed by atoms with van der Waals surface area (Å²) in [5.41, 5.74) is 0. The number of aliphatic hydroxyl groups excluding tert-OH is 2. The standard InChI is InChI=1S/C29H61NO4/c1-2-3-4-5-6-7-8-9-10-11-12-13-14-15-16-17-18-19-21-30(23-27-34-29-25-32)22-20-26-33-28-24-31/h31-32H,2-29H2,1H3. The van der Waals surface area contributed by atoms with E-state index < -0.39 is 0 Å². The van der Waals surface area contributed by atoms with Crippen molar-refractivity contribution in [2.45, 2.75) is 129 Å². The number of ether oxygens (including phenoxy) is 2. The van der Waals surface area contributed by atoms with Gasteiger partial charge in [-0.05, 0) is 19.4 Å². The van der Waals surface area contributed by atoms with Crippen molar-refractivity contribution in [2.24, 2.45) is 0 Å². The Bertz CT molecular complexity index is 357. The van der Waals surface area contributed by atoms with Crippen LogP contribution in [0.5, 0.6) is 0 Å². The van der Waals surface area contributed by atoms with Gasteiger partial charge in [-0.3, -0.25) is 0 Å². The van der Waals surface area contributed by atoms with E-state index in [2.05, 4.69) is 11.8 Å². The second kappa shape index (κ2) is 30.8. The topological polar surface area (TPSA) is 62.2 Å².